The third kappa shape index (κ3) is 5.90. The SMILES string of the molecule is CCCc1nnc(NC(=O)N(Cc2ccccc2)CC(C)(C)O)s1. The molecule has 130 valence electrons. The minimum absolute atomic E-state index is 0.217. The highest BCUT2D eigenvalue weighted by molar-refractivity contribution is 7.15. The Balaban J connectivity index is 2.08. The zero-order valence-electron chi connectivity index (χ0n) is 14.3. The molecule has 2 amide bonds. The van der Waals surface area contributed by atoms with E-state index in [1.807, 2.05) is 30.3 Å². The van der Waals surface area contributed by atoms with Crippen molar-refractivity contribution in [1.82, 2.24) is 15.1 Å². The quantitative estimate of drug-likeness (QED) is 0.805. The molecule has 2 aromatic rings. The molecule has 0 aliphatic carbocycles. The Morgan fingerprint density at radius 3 is 2.62 bits per heavy atom. The summed E-state index contributed by atoms with van der Waals surface area (Å²) >= 11 is 1.38. The van der Waals surface area contributed by atoms with Crippen LogP contribution in [0.25, 0.3) is 0 Å². The topological polar surface area (TPSA) is 78.4 Å². The molecule has 2 rings (SSSR count). The van der Waals surface area contributed by atoms with E-state index >= 15 is 0 Å². The predicted molar refractivity (Wildman–Crippen MR) is 96.1 cm³/mol. The Hall–Kier alpha value is -1.99. The van der Waals surface area contributed by atoms with Crippen molar-refractivity contribution in [3.8, 4) is 0 Å². The summed E-state index contributed by atoms with van der Waals surface area (Å²) in [5, 5.41) is 22.4. The van der Waals surface area contributed by atoms with E-state index in [-0.39, 0.29) is 12.6 Å². The van der Waals surface area contributed by atoms with Gasteiger partial charge in [0.1, 0.15) is 5.01 Å². The summed E-state index contributed by atoms with van der Waals surface area (Å²) in [4.78, 5) is 14.2. The number of aliphatic hydroxyl groups is 1. The van der Waals surface area contributed by atoms with Crippen LogP contribution in [0, 0.1) is 0 Å². The maximum atomic E-state index is 12.6. The van der Waals surface area contributed by atoms with Crippen molar-refractivity contribution >= 4 is 22.5 Å². The molecule has 0 atom stereocenters. The Kier molecular flexibility index (Phi) is 6.28. The first kappa shape index (κ1) is 18.4. The molecule has 2 N–H and O–H groups in total. The first-order valence-electron chi connectivity index (χ1n) is 8.02. The van der Waals surface area contributed by atoms with Gasteiger partial charge >= 0.3 is 6.03 Å². The van der Waals surface area contributed by atoms with E-state index in [1.54, 1.807) is 18.7 Å². The largest absolute Gasteiger partial charge is 0.389 e. The summed E-state index contributed by atoms with van der Waals surface area (Å²) in [6, 6.07) is 9.40. The van der Waals surface area contributed by atoms with E-state index in [0.29, 0.717) is 11.7 Å². The number of rotatable bonds is 7. The molecule has 0 fully saturated rings. The molecule has 0 aliphatic heterocycles. The summed E-state index contributed by atoms with van der Waals surface area (Å²) in [5.74, 6) is 0. The highest BCUT2D eigenvalue weighted by Crippen LogP contribution is 2.18. The second-order valence-electron chi connectivity index (χ2n) is 6.34. The van der Waals surface area contributed by atoms with Crippen LogP contribution in [0.15, 0.2) is 30.3 Å². The van der Waals surface area contributed by atoms with Crippen LogP contribution in [-0.2, 0) is 13.0 Å². The van der Waals surface area contributed by atoms with Crippen LogP contribution in [0.5, 0.6) is 0 Å². The Morgan fingerprint density at radius 1 is 1.29 bits per heavy atom. The Labute approximate surface area is 146 Å². The molecular weight excluding hydrogens is 324 g/mol. The molecule has 0 radical (unpaired) electrons. The lowest BCUT2D eigenvalue weighted by molar-refractivity contribution is 0.0469. The molecule has 0 bridgehead atoms. The number of anilines is 1. The van der Waals surface area contributed by atoms with Gasteiger partial charge in [0.15, 0.2) is 0 Å². The van der Waals surface area contributed by atoms with Gasteiger partial charge in [-0.25, -0.2) is 4.79 Å². The summed E-state index contributed by atoms with van der Waals surface area (Å²) in [7, 11) is 0. The molecule has 0 aliphatic rings. The van der Waals surface area contributed by atoms with E-state index in [9.17, 15) is 9.90 Å². The van der Waals surface area contributed by atoms with Crippen molar-refractivity contribution in [3.63, 3.8) is 0 Å². The van der Waals surface area contributed by atoms with E-state index < -0.39 is 5.60 Å². The van der Waals surface area contributed by atoms with Gasteiger partial charge in [-0.05, 0) is 25.8 Å². The van der Waals surface area contributed by atoms with Gasteiger partial charge in [-0.1, -0.05) is 48.6 Å². The zero-order valence-corrected chi connectivity index (χ0v) is 15.1. The van der Waals surface area contributed by atoms with Crippen molar-refractivity contribution in [1.29, 1.82) is 0 Å². The van der Waals surface area contributed by atoms with Gasteiger partial charge < -0.3 is 10.0 Å². The Morgan fingerprint density at radius 2 is 2.00 bits per heavy atom. The van der Waals surface area contributed by atoms with E-state index in [0.717, 1.165) is 23.4 Å². The lowest BCUT2D eigenvalue weighted by Crippen LogP contribution is -2.43. The lowest BCUT2D eigenvalue weighted by atomic mass is 10.1. The fourth-order valence-electron chi connectivity index (χ4n) is 2.26. The maximum Gasteiger partial charge on any atom is 0.324 e. The average molecular weight is 348 g/mol. The third-order valence-electron chi connectivity index (χ3n) is 3.23. The van der Waals surface area contributed by atoms with Crippen LogP contribution in [0.3, 0.4) is 0 Å². The number of nitrogens with zero attached hydrogens (tertiary/aromatic N) is 3. The first-order chi connectivity index (χ1) is 11.4. The number of carbonyl (C=O) groups excluding carboxylic acids is 1. The van der Waals surface area contributed by atoms with Crippen LogP contribution < -0.4 is 5.32 Å². The van der Waals surface area contributed by atoms with E-state index in [2.05, 4.69) is 22.4 Å². The number of aromatic nitrogens is 2. The molecule has 1 aromatic heterocycles. The average Bonchev–Trinajstić information content (AvgIpc) is 2.94. The molecule has 1 aromatic carbocycles. The van der Waals surface area contributed by atoms with Gasteiger partial charge in [0, 0.05) is 13.0 Å². The number of hydrogen-bond acceptors (Lipinski definition) is 5. The number of benzene rings is 1. The summed E-state index contributed by atoms with van der Waals surface area (Å²) in [5.41, 5.74) is 0.0153. The second kappa shape index (κ2) is 8.21. The van der Waals surface area contributed by atoms with Crippen LogP contribution >= 0.6 is 11.3 Å². The van der Waals surface area contributed by atoms with Crippen LogP contribution in [0.2, 0.25) is 0 Å². The lowest BCUT2D eigenvalue weighted by Gasteiger charge is -2.29. The number of urea groups is 1. The smallest absolute Gasteiger partial charge is 0.324 e. The van der Waals surface area contributed by atoms with Crippen LogP contribution in [0.4, 0.5) is 9.93 Å². The minimum Gasteiger partial charge on any atom is -0.389 e. The molecule has 0 saturated carbocycles. The van der Waals surface area contributed by atoms with Gasteiger partial charge in [-0.2, -0.15) is 0 Å². The highest BCUT2D eigenvalue weighted by atomic mass is 32.1. The van der Waals surface area contributed by atoms with Crippen molar-refractivity contribution in [3.05, 3.63) is 40.9 Å². The maximum absolute atomic E-state index is 12.6. The molecule has 0 spiro atoms. The fourth-order valence-corrected chi connectivity index (χ4v) is 3.09. The third-order valence-corrected chi connectivity index (χ3v) is 4.12. The van der Waals surface area contributed by atoms with Crippen LogP contribution in [-0.4, -0.2) is 38.4 Å². The molecule has 6 nitrogen and oxygen atoms in total. The predicted octanol–water partition coefficient (Wildman–Crippen LogP) is 3.30. The van der Waals surface area contributed by atoms with Gasteiger partial charge in [-0.15, -0.1) is 10.2 Å². The van der Waals surface area contributed by atoms with Gasteiger partial charge in [0.05, 0.1) is 12.1 Å². The van der Waals surface area contributed by atoms with Gasteiger partial charge in [0.25, 0.3) is 0 Å². The molecule has 0 unspecified atom stereocenters. The molecule has 1 heterocycles. The van der Waals surface area contributed by atoms with E-state index in [1.165, 1.54) is 11.3 Å². The number of amides is 2. The number of hydrogen-bond donors (Lipinski definition) is 2. The van der Waals surface area contributed by atoms with Gasteiger partial charge in [-0.3, -0.25) is 5.32 Å². The monoisotopic (exact) mass is 348 g/mol. The standard InChI is InChI=1S/C17H24N4O2S/c1-4-8-14-19-20-15(24-14)18-16(22)21(12-17(2,3)23)11-13-9-6-5-7-10-13/h5-7,9-10,23H,4,8,11-12H2,1-3H3,(H,18,20,22). The molecule has 24 heavy (non-hydrogen) atoms. The normalized spacial score (nSPS) is 11.3. The second-order valence-corrected chi connectivity index (χ2v) is 7.40. The summed E-state index contributed by atoms with van der Waals surface area (Å²) in [6.07, 6.45) is 1.84. The minimum atomic E-state index is -0.985. The zero-order chi connectivity index (χ0) is 17.6. The van der Waals surface area contributed by atoms with Crippen molar-refractivity contribution in [2.24, 2.45) is 0 Å². The summed E-state index contributed by atoms with van der Waals surface area (Å²) < 4.78 is 0. The van der Waals surface area contributed by atoms with Crippen molar-refractivity contribution in [2.75, 3.05) is 11.9 Å². The molecule has 0 saturated heterocycles. The van der Waals surface area contributed by atoms with E-state index in [4.69, 9.17) is 0 Å². The number of nitrogens with one attached hydrogen (secondary N) is 1. The van der Waals surface area contributed by atoms with Gasteiger partial charge in [0.2, 0.25) is 5.13 Å². The highest BCUT2D eigenvalue weighted by Gasteiger charge is 2.23. The molecular formula is C17H24N4O2S. The molecule has 7 heteroatoms. The summed E-state index contributed by atoms with van der Waals surface area (Å²) in [6.45, 7) is 6.07. The number of carbonyl (C=O) groups is 1. The fraction of sp³-hybridized carbons (Fsp3) is 0.471. The van der Waals surface area contributed by atoms with Crippen LogP contribution in [0.1, 0.15) is 37.8 Å². The van der Waals surface area contributed by atoms with Crippen molar-refractivity contribution in [2.45, 2.75) is 45.8 Å². The van der Waals surface area contributed by atoms with Crippen molar-refractivity contribution < 1.29 is 9.90 Å². The first-order valence-corrected chi connectivity index (χ1v) is 8.83. The number of aryl methyl sites for hydroxylation is 1. The Bertz CT molecular complexity index is 652.